The van der Waals surface area contributed by atoms with Crippen LogP contribution in [0.3, 0.4) is 0 Å². The Morgan fingerprint density at radius 2 is 2.05 bits per heavy atom. The lowest BCUT2D eigenvalue weighted by Crippen LogP contribution is -1.93. The van der Waals surface area contributed by atoms with Crippen molar-refractivity contribution in [3.63, 3.8) is 0 Å². The van der Waals surface area contributed by atoms with E-state index in [1.165, 1.54) is 6.07 Å². The van der Waals surface area contributed by atoms with Gasteiger partial charge in [-0.1, -0.05) is 5.16 Å². The van der Waals surface area contributed by atoms with Crippen molar-refractivity contribution >= 4 is 5.97 Å². The average Bonchev–Trinajstić information content (AvgIpc) is 3.05. The smallest absolute Gasteiger partial charge is 0.374 e. The second-order valence-electron chi connectivity index (χ2n) is 4.20. The summed E-state index contributed by atoms with van der Waals surface area (Å²) in [6.07, 6.45) is 0. The van der Waals surface area contributed by atoms with E-state index in [1.54, 1.807) is 7.11 Å². The van der Waals surface area contributed by atoms with Crippen molar-refractivity contribution < 1.29 is 23.9 Å². The van der Waals surface area contributed by atoms with Crippen LogP contribution in [-0.4, -0.2) is 23.3 Å². The summed E-state index contributed by atoms with van der Waals surface area (Å²) < 4.78 is 15.4. The fraction of sp³-hybridized carbons (Fsp3) is 0.231. The molecule has 0 radical (unpaired) electrons. The van der Waals surface area contributed by atoms with Crippen LogP contribution in [0, 0.1) is 0 Å². The molecule has 1 aromatic heterocycles. The van der Waals surface area contributed by atoms with Crippen molar-refractivity contribution in [3.8, 4) is 17.0 Å². The molecule has 6 heteroatoms. The van der Waals surface area contributed by atoms with Gasteiger partial charge in [-0.2, -0.15) is 0 Å². The van der Waals surface area contributed by atoms with Gasteiger partial charge in [0.1, 0.15) is 11.4 Å². The van der Waals surface area contributed by atoms with E-state index in [9.17, 15) is 4.79 Å². The summed E-state index contributed by atoms with van der Waals surface area (Å²) in [4.78, 5) is 10.8. The zero-order valence-electron chi connectivity index (χ0n) is 10.2. The SMILES string of the molecule is COc1cc2c(cc1-c1cc(C(=O)O)on1)COC2. The zero-order valence-corrected chi connectivity index (χ0v) is 10.2. The van der Waals surface area contributed by atoms with Crippen molar-refractivity contribution in [2.75, 3.05) is 7.11 Å². The number of hydrogen-bond donors (Lipinski definition) is 1. The maximum Gasteiger partial charge on any atom is 0.374 e. The maximum atomic E-state index is 10.8. The molecule has 0 bridgehead atoms. The van der Waals surface area contributed by atoms with Crippen molar-refractivity contribution in [1.29, 1.82) is 0 Å². The van der Waals surface area contributed by atoms with Gasteiger partial charge in [0.15, 0.2) is 0 Å². The van der Waals surface area contributed by atoms with Crippen LogP contribution >= 0.6 is 0 Å². The highest BCUT2D eigenvalue weighted by Crippen LogP contribution is 2.35. The molecule has 1 aromatic carbocycles. The monoisotopic (exact) mass is 261 g/mol. The van der Waals surface area contributed by atoms with E-state index in [0.29, 0.717) is 30.2 Å². The number of ether oxygens (including phenoxy) is 2. The maximum absolute atomic E-state index is 10.8. The van der Waals surface area contributed by atoms with Gasteiger partial charge in [-0.15, -0.1) is 0 Å². The molecule has 1 aliphatic rings. The molecule has 3 rings (SSSR count). The highest BCUT2D eigenvalue weighted by atomic mass is 16.5. The minimum atomic E-state index is -1.15. The number of hydrogen-bond acceptors (Lipinski definition) is 5. The number of aromatic nitrogens is 1. The topological polar surface area (TPSA) is 81.8 Å². The van der Waals surface area contributed by atoms with Crippen molar-refractivity contribution in [2.45, 2.75) is 13.2 Å². The van der Waals surface area contributed by atoms with Gasteiger partial charge in [0, 0.05) is 11.6 Å². The van der Waals surface area contributed by atoms with Crippen LogP contribution in [0.15, 0.2) is 22.7 Å². The van der Waals surface area contributed by atoms with Crippen molar-refractivity contribution in [2.24, 2.45) is 0 Å². The number of carbonyl (C=O) groups is 1. The lowest BCUT2D eigenvalue weighted by atomic mass is 10.0. The first-order chi connectivity index (χ1) is 9.19. The number of benzene rings is 1. The minimum absolute atomic E-state index is 0.200. The molecular weight excluding hydrogens is 250 g/mol. The van der Waals surface area contributed by atoms with Gasteiger partial charge in [-0.25, -0.2) is 4.79 Å². The van der Waals surface area contributed by atoms with E-state index in [-0.39, 0.29) is 5.76 Å². The number of rotatable bonds is 3. The van der Waals surface area contributed by atoms with Gasteiger partial charge >= 0.3 is 5.97 Å². The standard InChI is InChI=1S/C13H11NO5/c1-17-11-3-8-6-18-5-7(8)2-9(11)10-4-12(13(15)16)19-14-10/h2-4H,5-6H2,1H3,(H,15,16). The van der Waals surface area contributed by atoms with E-state index < -0.39 is 5.97 Å². The van der Waals surface area contributed by atoms with E-state index in [2.05, 4.69) is 5.16 Å². The van der Waals surface area contributed by atoms with Crippen LogP contribution in [0.2, 0.25) is 0 Å². The predicted octanol–water partition coefficient (Wildman–Crippen LogP) is 2.08. The minimum Gasteiger partial charge on any atom is -0.496 e. The molecule has 2 aromatic rings. The summed E-state index contributed by atoms with van der Waals surface area (Å²) >= 11 is 0. The van der Waals surface area contributed by atoms with Crippen LogP contribution in [0.4, 0.5) is 0 Å². The summed E-state index contributed by atoms with van der Waals surface area (Å²) in [5.74, 6) is -0.731. The Kier molecular flexibility index (Phi) is 2.72. The molecule has 2 heterocycles. The summed E-state index contributed by atoms with van der Waals surface area (Å²) in [5.41, 5.74) is 3.25. The molecule has 1 aliphatic heterocycles. The molecule has 1 N–H and O–H groups in total. The third-order valence-corrected chi connectivity index (χ3v) is 3.03. The molecule has 0 amide bonds. The molecule has 0 aliphatic carbocycles. The Morgan fingerprint density at radius 3 is 2.68 bits per heavy atom. The number of carboxylic acid groups (broad SMARTS) is 1. The van der Waals surface area contributed by atoms with Crippen molar-refractivity contribution in [1.82, 2.24) is 5.16 Å². The molecule has 0 saturated carbocycles. The van der Waals surface area contributed by atoms with Gasteiger partial charge in [-0.3, -0.25) is 0 Å². The summed E-state index contributed by atoms with van der Waals surface area (Å²) in [6.45, 7) is 1.10. The Morgan fingerprint density at radius 1 is 1.32 bits per heavy atom. The fourth-order valence-corrected chi connectivity index (χ4v) is 2.08. The number of fused-ring (bicyclic) bond motifs is 1. The van der Waals surface area contributed by atoms with Gasteiger partial charge in [0.2, 0.25) is 5.76 Å². The first kappa shape index (κ1) is 11.7. The van der Waals surface area contributed by atoms with Crippen LogP contribution < -0.4 is 4.74 Å². The Labute approximate surface area is 108 Å². The van der Waals surface area contributed by atoms with Crippen LogP contribution in [0.25, 0.3) is 11.3 Å². The Hall–Kier alpha value is -2.34. The number of carboxylic acids is 1. The fourth-order valence-electron chi connectivity index (χ4n) is 2.08. The van der Waals surface area contributed by atoms with Gasteiger partial charge in [-0.05, 0) is 23.3 Å². The molecule has 0 fully saturated rings. The average molecular weight is 261 g/mol. The Bertz CT molecular complexity index is 646. The number of nitrogens with zero attached hydrogens (tertiary/aromatic N) is 1. The summed E-state index contributed by atoms with van der Waals surface area (Å²) in [6, 6.07) is 5.15. The first-order valence-corrected chi connectivity index (χ1v) is 5.67. The molecule has 19 heavy (non-hydrogen) atoms. The Balaban J connectivity index is 2.10. The highest BCUT2D eigenvalue weighted by molar-refractivity contribution is 5.86. The molecule has 0 atom stereocenters. The third-order valence-electron chi connectivity index (χ3n) is 3.03. The van der Waals surface area contributed by atoms with Crippen LogP contribution in [0.1, 0.15) is 21.7 Å². The lowest BCUT2D eigenvalue weighted by molar-refractivity contribution is 0.0652. The molecule has 6 nitrogen and oxygen atoms in total. The van der Waals surface area contributed by atoms with Gasteiger partial charge in [0.25, 0.3) is 0 Å². The highest BCUT2D eigenvalue weighted by Gasteiger charge is 2.20. The van der Waals surface area contributed by atoms with Crippen LogP contribution in [-0.2, 0) is 18.0 Å². The van der Waals surface area contributed by atoms with Gasteiger partial charge in [0.05, 0.1) is 20.3 Å². The number of aromatic carboxylic acids is 1. The summed E-state index contributed by atoms with van der Waals surface area (Å²) in [7, 11) is 1.55. The molecule has 98 valence electrons. The van der Waals surface area contributed by atoms with E-state index in [1.807, 2.05) is 12.1 Å². The number of methoxy groups -OCH3 is 1. The molecular formula is C13H11NO5. The quantitative estimate of drug-likeness (QED) is 0.910. The normalized spacial score (nSPS) is 13.3. The zero-order chi connectivity index (χ0) is 13.4. The van der Waals surface area contributed by atoms with E-state index >= 15 is 0 Å². The molecule has 0 spiro atoms. The van der Waals surface area contributed by atoms with E-state index in [0.717, 1.165) is 11.1 Å². The molecule has 0 saturated heterocycles. The predicted molar refractivity (Wildman–Crippen MR) is 63.9 cm³/mol. The van der Waals surface area contributed by atoms with Crippen molar-refractivity contribution in [3.05, 3.63) is 35.1 Å². The van der Waals surface area contributed by atoms with Gasteiger partial charge < -0.3 is 19.1 Å². The lowest BCUT2D eigenvalue weighted by Gasteiger charge is -2.08. The third kappa shape index (κ3) is 1.96. The van der Waals surface area contributed by atoms with E-state index in [4.69, 9.17) is 19.1 Å². The second-order valence-corrected chi connectivity index (χ2v) is 4.20. The van der Waals surface area contributed by atoms with Crippen LogP contribution in [0.5, 0.6) is 5.75 Å². The second kappa shape index (κ2) is 4.40. The first-order valence-electron chi connectivity index (χ1n) is 5.67. The largest absolute Gasteiger partial charge is 0.496 e. The summed E-state index contributed by atoms with van der Waals surface area (Å²) in [5, 5.41) is 12.6. The molecule has 0 unspecified atom stereocenters.